The highest BCUT2D eigenvalue weighted by molar-refractivity contribution is 6.27. The summed E-state index contributed by atoms with van der Waals surface area (Å²) >= 11 is 0. The highest BCUT2D eigenvalue weighted by Crippen LogP contribution is 2.48. The average Bonchev–Trinajstić information content (AvgIpc) is 3.88. The first-order chi connectivity index (χ1) is 36.4. The van der Waals surface area contributed by atoms with Gasteiger partial charge in [-0.05, 0) is 170 Å². The smallest absolute Gasteiger partial charge is 0.0541 e. The van der Waals surface area contributed by atoms with Gasteiger partial charge < -0.3 is 9.47 Å². The molecule has 0 unspecified atom stereocenters. The number of hydrogen-bond acceptors (Lipinski definition) is 1. The van der Waals surface area contributed by atoms with E-state index in [4.69, 9.17) is 0 Å². The molecule has 0 radical (unpaired) electrons. The van der Waals surface area contributed by atoms with Crippen molar-refractivity contribution in [3.8, 4) is 27.9 Å². The monoisotopic (exact) mass is 1020 g/mol. The third-order valence-corrected chi connectivity index (χ3v) is 16.8. The van der Waals surface area contributed by atoms with E-state index in [1.807, 2.05) is 0 Å². The maximum absolute atomic E-state index is 2.54. The van der Waals surface area contributed by atoms with Gasteiger partial charge in [0, 0.05) is 32.9 Å². The maximum Gasteiger partial charge on any atom is 0.0541 e. The molecule has 0 fully saturated rings. The van der Waals surface area contributed by atoms with E-state index in [2.05, 4.69) is 304 Å². The van der Waals surface area contributed by atoms with Crippen LogP contribution in [0.4, 0.5) is 17.1 Å². The van der Waals surface area contributed by atoms with Crippen LogP contribution in [0, 0.1) is 0 Å². The lowest BCUT2D eigenvalue weighted by molar-refractivity contribution is 0.569. The molecule has 1 aromatic heterocycles. The summed E-state index contributed by atoms with van der Waals surface area (Å²) in [6, 6.07) is 66.5. The zero-order chi connectivity index (χ0) is 55.8. The molecule has 0 aliphatic heterocycles. The summed E-state index contributed by atoms with van der Waals surface area (Å²) in [5, 5.41) is 10.1. The van der Waals surface area contributed by atoms with Crippen LogP contribution < -0.4 is 4.90 Å². The summed E-state index contributed by atoms with van der Waals surface area (Å²) in [4.78, 5) is 2.54. The van der Waals surface area contributed by atoms with E-state index < -0.39 is 0 Å². The highest BCUT2D eigenvalue weighted by atomic mass is 15.1. The van der Waals surface area contributed by atoms with E-state index >= 15 is 0 Å². The van der Waals surface area contributed by atoms with Crippen molar-refractivity contribution in [1.29, 1.82) is 0 Å². The standard InChI is InChI=1S/C76H82N2/c1-71(2,3)53-27-19-47(20-28-53)52-41-58(76(16,17)18)44-60(42-52)77(59-31-21-48(22-32-59)51-39-56(74(10,11)12)43-57(40-51)75(13,14)15)65-35-25-49-24-34-62-66(36-26-50-23-33-61(65)69(49)70(50)62)78-67-37-29-54(72(4,5)6)45-63(67)64-46-55(73(7,8)9)30-38-68(64)78/h19-46H,1-18H3. The molecule has 0 spiro atoms. The topological polar surface area (TPSA) is 8.17 Å². The van der Waals surface area contributed by atoms with E-state index in [0.29, 0.717) is 0 Å². The Morgan fingerprint density at radius 3 is 1.15 bits per heavy atom. The molecule has 0 aliphatic carbocycles. The van der Waals surface area contributed by atoms with E-state index in [9.17, 15) is 0 Å². The van der Waals surface area contributed by atoms with Crippen molar-refractivity contribution in [3.05, 3.63) is 203 Å². The van der Waals surface area contributed by atoms with E-state index in [1.54, 1.807) is 0 Å². The Morgan fingerprint density at radius 1 is 0.269 bits per heavy atom. The van der Waals surface area contributed by atoms with Gasteiger partial charge in [0.2, 0.25) is 0 Å². The Hall–Kier alpha value is -7.16. The zero-order valence-electron chi connectivity index (χ0n) is 50.1. The number of rotatable bonds is 6. The quantitative estimate of drug-likeness (QED) is 0.151. The van der Waals surface area contributed by atoms with Crippen LogP contribution >= 0.6 is 0 Å². The Bertz CT molecular complexity index is 3990. The highest BCUT2D eigenvalue weighted by Gasteiger charge is 2.27. The molecule has 0 saturated heterocycles. The maximum atomic E-state index is 2.54. The minimum Gasteiger partial charge on any atom is -0.310 e. The van der Waals surface area contributed by atoms with Crippen LogP contribution in [0.2, 0.25) is 0 Å². The van der Waals surface area contributed by atoms with Gasteiger partial charge in [0.05, 0.1) is 22.4 Å². The van der Waals surface area contributed by atoms with Crippen LogP contribution in [0.5, 0.6) is 0 Å². The van der Waals surface area contributed by atoms with Crippen LogP contribution in [-0.2, 0) is 32.5 Å². The molecule has 11 rings (SSSR count). The fourth-order valence-electron chi connectivity index (χ4n) is 11.8. The molecule has 1 heterocycles. The number of aromatic nitrogens is 1. The third-order valence-electron chi connectivity index (χ3n) is 16.8. The summed E-state index contributed by atoms with van der Waals surface area (Å²) in [6.07, 6.45) is 0. The van der Waals surface area contributed by atoms with Gasteiger partial charge in [0.25, 0.3) is 0 Å². The average molecular weight is 1020 g/mol. The molecule has 0 aliphatic rings. The van der Waals surface area contributed by atoms with Crippen molar-refractivity contribution in [2.45, 2.75) is 157 Å². The van der Waals surface area contributed by atoms with Gasteiger partial charge in [0.15, 0.2) is 0 Å². The lowest BCUT2D eigenvalue weighted by Crippen LogP contribution is -2.16. The molecular weight excluding hydrogens is 941 g/mol. The fraction of sp³-hybridized carbons (Fsp3) is 0.316. The number of anilines is 3. The van der Waals surface area contributed by atoms with Crippen LogP contribution in [0.1, 0.15) is 158 Å². The Kier molecular flexibility index (Phi) is 12.3. The van der Waals surface area contributed by atoms with Crippen molar-refractivity contribution in [2.75, 3.05) is 4.90 Å². The normalized spacial score (nSPS) is 13.3. The Balaban J connectivity index is 1.16. The number of benzene rings is 10. The summed E-state index contributed by atoms with van der Waals surface area (Å²) in [5.74, 6) is 0. The molecule has 11 aromatic rings. The number of fused-ring (bicyclic) bond motifs is 3. The molecule has 0 N–H and O–H groups in total. The van der Waals surface area contributed by atoms with Crippen LogP contribution in [0.3, 0.4) is 0 Å². The van der Waals surface area contributed by atoms with Gasteiger partial charge in [0.1, 0.15) is 0 Å². The van der Waals surface area contributed by atoms with Crippen molar-refractivity contribution < 1.29 is 0 Å². The first-order valence-corrected chi connectivity index (χ1v) is 28.6. The molecule has 0 bridgehead atoms. The Labute approximate surface area is 466 Å². The molecule has 2 nitrogen and oxygen atoms in total. The second-order valence-electron chi connectivity index (χ2n) is 28.9. The molecule has 78 heavy (non-hydrogen) atoms. The third kappa shape index (κ3) is 9.48. The lowest BCUT2D eigenvalue weighted by atomic mass is 9.79. The first kappa shape index (κ1) is 52.9. The van der Waals surface area contributed by atoms with Gasteiger partial charge in [-0.2, -0.15) is 0 Å². The predicted octanol–water partition coefficient (Wildman–Crippen LogP) is 22.3. The second-order valence-corrected chi connectivity index (χ2v) is 28.9. The molecule has 10 aromatic carbocycles. The van der Waals surface area contributed by atoms with Gasteiger partial charge in [-0.1, -0.05) is 234 Å². The SMILES string of the molecule is CC(C)(C)c1ccc(-c2cc(N(c3ccc(-c4cc(C(C)(C)C)cc(C(C)(C)C)c4)cc3)c3ccc4ccc5c(-n6c7ccc(C(C)(C)C)cc7c7cc(C(C)(C)C)ccc76)ccc6ccc3c4c65)cc(C(C)(C)C)c2)cc1. The van der Waals surface area contributed by atoms with Crippen molar-refractivity contribution in [2.24, 2.45) is 0 Å². The number of hydrogen-bond donors (Lipinski definition) is 0. The van der Waals surface area contributed by atoms with E-state index in [0.717, 1.165) is 17.1 Å². The summed E-state index contributed by atoms with van der Waals surface area (Å²) in [6.45, 7) is 41.8. The van der Waals surface area contributed by atoms with Gasteiger partial charge >= 0.3 is 0 Å². The molecule has 396 valence electrons. The summed E-state index contributed by atoms with van der Waals surface area (Å²) in [5.41, 5.74) is 20.1. The Morgan fingerprint density at radius 2 is 0.667 bits per heavy atom. The van der Waals surface area contributed by atoms with E-state index in [-0.39, 0.29) is 32.5 Å². The molecule has 0 amide bonds. The minimum atomic E-state index is -0.108. The molecule has 2 heteroatoms. The summed E-state index contributed by atoms with van der Waals surface area (Å²) < 4.78 is 2.54. The van der Waals surface area contributed by atoms with Crippen LogP contribution in [0.25, 0.3) is 82.1 Å². The van der Waals surface area contributed by atoms with Crippen molar-refractivity contribution in [3.63, 3.8) is 0 Å². The fourth-order valence-corrected chi connectivity index (χ4v) is 11.8. The largest absolute Gasteiger partial charge is 0.310 e. The molecule has 0 saturated carbocycles. The van der Waals surface area contributed by atoms with E-state index in [1.165, 1.54) is 115 Å². The molecule has 0 atom stereocenters. The minimum absolute atomic E-state index is 0.0150. The predicted molar refractivity (Wildman–Crippen MR) is 342 cm³/mol. The van der Waals surface area contributed by atoms with Gasteiger partial charge in [-0.25, -0.2) is 0 Å². The van der Waals surface area contributed by atoms with Gasteiger partial charge in [-0.3, -0.25) is 0 Å². The zero-order valence-corrected chi connectivity index (χ0v) is 50.1. The van der Waals surface area contributed by atoms with Crippen molar-refractivity contribution >= 4 is 71.2 Å². The number of nitrogens with zero attached hydrogens (tertiary/aromatic N) is 2. The first-order valence-electron chi connectivity index (χ1n) is 28.6. The van der Waals surface area contributed by atoms with Gasteiger partial charge in [-0.15, -0.1) is 0 Å². The van der Waals surface area contributed by atoms with Crippen molar-refractivity contribution in [1.82, 2.24) is 4.57 Å². The van der Waals surface area contributed by atoms with Crippen LogP contribution in [0.15, 0.2) is 170 Å². The summed E-state index contributed by atoms with van der Waals surface area (Å²) in [7, 11) is 0. The lowest BCUT2D eigenvalue weighted by Gasteiger charge is -2.31. The molecular formula is C76H82N2. The van der Waals surface area contributed by atoms with Crippen LogP contribution in [-0.4, -0.2) is 4.57 Å². The second kappa shape index (κ2) is 18.2.